The number of rotatable bonds is 3. The lowest BCUT2D eigenvalue weighted by atomic mass is 10.2. The predicted octanol–water partition coefficient (Wildman–Crippen LogP) is 0.952. The van der Waals surface area contributed by atoms with Crippen LogP contribution >= 0.6 is 0 Å². The molecule has 102 valence electrons. The van der Waals surface area contributed by atoms with E-state index in [-0.39, 0.29) is 10.5 Å². The van der Waals surface area contributed by atoms with Gasteiger partial charge in [0.15, 0.2) is 0 Å². The van der Waals surface area contributed by atoms with Crippen molar-refractivity contribution in [3.63, 3.8) is 0 Å². The van der Waals surface area contributed by atoms with Crippen molar-refractivity contribution in [1.29, 1.82) is 0 Å². The Balaban J connectivity index is 1.99. The number of aromatic nitrogens is 4. The molecule has 8 heteroatoms. The summed E-state index contributed by atoms with van der Waals surface area (Å²) >= 11 is 0. The molecule has 0 aliphatic heterocycles. The van der Waals surface area contributed by atoms with Crippen molar-refractivity contribution in [2.45, 2.75) is 11.8 Å². The van der Waals surface area contributed by atoms with Gasteiger partial charge in [0.1, 0.15) is 10.4 Å². The minimum atomic E-state index is -3.97. The molecule has 0 atom stereocenters. The van der Waals surface area contributed by atoms with Crippen LogP contribution in [-0.4, -0.2) is 28.6 Å². The SMILES string of the molecule is Cc1ccc(S(=O)(=O)On2nnc3cccnc32)cc1. The second-order valence-electron chi connectivity index (χ2n) is 4.15. The highest BCUT2D eigenvalue weighted by Gasteiger charge is 2.19. The van der Waals surface area contributed by atoms with Gasteiger partial charge < -0.3 is 0 Å². The molecule has 2 aromatic heterocycles. The van der Waals surface area contributed by atoms with Gasteiger partial charge in [-0.15, -0.1) is 5.10 Å². The molecule has 0 unspecified atom stereocenters. The highest BCUT2D eigenvalue weighted by molar-refractivity contribution is 7.87. The van der Waals surface area contributed by atoms with Gasteiger partial charge in [0, 0.05) is 6.20 Å². The summed E-state index contributed by atoms with van der Waals surface area (Å²) in [6.45, 7) is 1.87. The Morgan fingerprint density at radius 2 is 1.90 bits per heavy atom. The first-order chi connectivity index (χ1) is 9.56. The summed E-state index contributed by atoms with van der Waals surface area (Å²) in [5, 5.41) is 7.40. The lowest BCUT2D eigenvalue weighted by molar-refractivity contribution is 0.243. The van der Waals surface area contributed by atoms with E-state index in [0.717, 1.165) is 10.4 Å². The lowest BCUT2D eigenvalue weighted by Crippen LogP contribution is -2.21. The van der Waals surface area contributed by atoms with Crippen LogP contribution in [0.5, 0.6) is 0 Å². The number of aryl methyl sites for hydroxylation is 1. The molecule has 0 N–H and O–H groups in total. The van der Waals surface area contributed by atoms with Gasteiger partial charge in [0.25, 0.3) is 0 Å². The molecule has 0 saturated carbocycles. The van der Waals surface area contributed by atoms with E-state index in [1.54, 1.807) is 24.3 Å². The van der Waals surface area contributed by atoms with Gasteiger partial charge in [-0.3, -0.25) is 4.28 Å². The number of pyridine rings is 1. The van der Waals surface area contributed by atoms with E-state index >= 15 is 0 Å². The molecule has 0 aliphatic rings. The molecule has 0 spiro atoms. The first kappa shape index (κ1) is 12.5. The molecular formula is C12H10N4O3S. The monoisotopic (exact) mass is 290 g/mol. The normalized spacial score (nSPS) is 11.7. The van der Waals surface area contributed by atoms with Crippen LogP contribution in [0, 0.1) is 6.92 Å². The highest BCUT2D eigenvalue weighted by Crippen LogP contribution is 2.13. The fourth-order valence-electron chi connectivity index (χ4n) is 1.64. The first-order valence-electron chi connectivity index (χ1n) is 5.74. The first-order valence-corrected chi connectivity index (χ1v) is 7.15. The Kier molecular flexibility index (Phi) is 2.87. The molecule has 3 rings (SSSR count). The Hall–Kier alpha value is -2.48. The van der Waals surface area contributed by atoms with Gasteiger partial charge >= 0.3 is 10.1 Å². The van der Waals surface area contributed by atoms with Crippen LogP contribution in [0.2, 0.25) is 0 Å². The smallest absolute Gasteiger partial charge is 0.262 e. The number of fused-ring (bicyclic) bond motifs is 1. The van der Waals surface area contributed by atoms with Gasteiger partial charge in [-0.2, -0.15) is 8.42 Å². The summed E-state index contributed by atoms with van der Waals surface area (Å²) in [5.74, 6) is 0. The Bertz CT molecular complexity index is 856. The average Bonchev–Trinajstić information content (AvgIpc) is 2.82. The van der Waals surface area contributed by atoms with E-state index in [1.807, 2.05) is 6.92 Å². The zero-order valence-corrected chi connectivity index (χ0v) is 11.3. The summed E-state index contributed by atoms with van der Waals surface area (Å²) in [6.07, 6.45) is 1.50. The summed E-state index contributed by atoms with van der Waals surface area (Å²) in [7, 11) is -3.97. The van der Waals surface area contributed by atoms with Crippen LogP contribution in [-0.2, 0) is 10.1 Å². The van der Waals surface area contributed by atoms with Crippen molar-refractivity contribution in [3.8, 4) is 0 Å². The van der Waals surface area contributed by atoms with E-state index in [4.69, 9.17) is 4.28 Å². The van der Waals surface area contributed by atoms with E-state index in [9.17, 15) is 8.42 Å². The Morgan fingerprint density at radius 1 is 1.15 bits per heavy atom. The summed E-state index contributed by atoms with van der Waals surface area (Å²) in [5.41, 5.74) is 1.65. The molecule has 3 aromatic rings. The van der Waals surface area contributed by atoms with E-state index in [2.05, 4.69) is 15.3 Å². The maximum atomic E-state index is 12.1. The highest BCUT2D eigenvalue weighted by atomic mass is 32.2. The molecule has 7 nitrogen and oxygen atoms in total. The van der Waals surface area contributed by atoms with Crippen LogP contribution in [0.4, 0.5) is 0 Å². The van der Waals surface area contributed by atoms with Crippen molar-refractivity contribution >= 4 is 21.3 Å². The van der Waals surface area contributed by atoms with E-state index in [1.165, 1.54) is 18.3 Å². The molecule has 0 radical (unpaired) electrons. The summed E-state index contributed by atoms with van der Waals surface area (Å²) in [4.78, 5) is 4.82. The Morgan fingerprint density at radius 3 is 2.65 bits per heavy atom. The van der Waals surface area contributed by atoms with Crippen molar-refractivity contribution < 1.29 is 12.7 Å². The van der Waals surface area contributed by atoms with Gasteiger partial charge in [-0.1, -0.05) is 17.7 Å². The lowest BCUT2D eigenvalue weighted by Gasteiger charge is -2.05. The molecule has 0 fully saturated rings. The third-order valence-electron chi connectivity index (χ3n) is 2.66. The fraction of sp³-hybridized carbons (Fsp3) is 0.0833. The van der Waals surface area contributed by atoms with Crippen molar-refractivity contribution in [1.82, 2.24) is 20.1 Å². The number of nitrogens with zero attached hydrogens (tertiary/aromatic N) is 4. The zero-order chi connectivity index (χ0) is 14.2. The molecule has 2 heterocycles. The fourth-order valence-corrected chi connectivity index (χ4v) is 2.48. The second kappa shape index (κ2) is 4.57. The molecular weight excluding hydrogens is 280 g/mol. The molecule has 1 aromatic carbocycles. The Labute approximate surface area is 114 Å². The number of hydrogen-bond acceptors (Lipinski definition) is 6. The van der Waals surface area contributed by atoms with Crippen LogP contribution < -0.4 is 4.28 Å². The van der Waals surface area contributed by atoms with Crippen LogP contribution in [0.15, 0.2) is 47.5 Å². The minimum Gasteiger partial charge on any atom is -0.262 e. The maximum absolute atomic E-state index is 12.1. The van der Waals surface area contributed by atoms with Crippen molar-refractivity contribution in [3.05, 3.63) is 48.2 Å². The van der Waals surface area contributed by atoms with Gasteiger partial charge in [0.05, 0.1) is 0 Å². The van der Waals surface area contributed by atoms with Crippen molar-refractivity contribution in [2.24, 2.45) is 0 Å². The number of hydrogen-bond donors (Lipinski definition) is 0. The maximum Gasteiger partial charge on any atom is 0.358 e. The van der Waals surface area contributed by atoms with Crippen molar-refractivity contribution in [2.75, 3.05) is 0 Å². The molecule has 20 heavy (non-hydrogen) atoms. The topological polar surface area (TPSA) is 87.0 Å². The third-order valence-corrected chi connectivity index (χ3v) is 3.85. The standard InChI is InChI=1S/C12H10N4O3S/c1-9-4-6-10(7-5-9)20(17,18)19-16-12-11(14-15-16)3-2-8-13-12/h2-8H,1H3. The number of benzene rings is 1. The third kappa shape index (κ3) is 2.21. The summed E-state index contributed by atoms with van der Waals surface area (Å²) in [6, 6.07) is 9.65. The van der Waals surface area contributed by atoms with Gasteiger partial charge in [0.2, 0.25) is 5.65 Å². The quantitative estimate of drug-likeness (QED) is 0.714. The van der Waals surface area contributed by atoms with Gasteiger partial charge in [-0.05, 0) is 41.2 Å². The molecule has 0 bridgehead atoms. The van der Waals surface area contributed by atoms with E-state index < -0.39 is 10.1 Å². The average molecular weight is 290 g/mol. The van der Waals surface area contributed by atoms with Crippen LogP contribution in [0.3, 0.4) is 0 Å². The zero-order valence-electron chi connectivity index (χ0n) is 10.5. The second-order valence-corrected chi connectivity index (χ2v) is 5.68. The minimum absolute atomic E-state index is 0.0441. The largest absolute Gasteiger partial charge is 0.358 e. The van der Waals surface area contributed by atoms with Crippen LogP contribution in [0.1, 0.15) is 5.56 Å². The predicted molar refractivity (Wildman–Crippen MR) is 70.3 cm³/mol. The van der Waals surface area contributed by atoms with E-state index in [0.29, 0.717) is 5.52 Å². The molecule has 0 amide bonds. The molecule has 0 saturated heterocycles. The van der Waals surface area contributed by atoms with Crippen LogP contribution in [0.25, 0.3) is 11.2 Å². The molecule has 0 aliphatic carbocycles. The summed E-state index contributed by atoms with van der Waals surface area (Å²) < 4.78 is 29.2. The van der Waals surface area contributed by atoms with Gasteiger partial charge in [-0.25, -0.2) is 4.98 Å².